The molecule has 3 N–H and O–H groups in total. The first-order chi connectivity index (χ1) is 13.7. The fourth-order valence-electron chi connectivity index (χ4n) is 3.80. The molecule has 2 heterocycles. The number of carbonyl (C=O) groups excluding carboxylic acids is 1. The van der Waals surface area contributed by atoms with Gasteiger partial charge in [0.25, 0.3) is 0 Å². The molecule has 0 spiro atoms. The number of nitrogens with zero attached hydrogens (tertiary/aromatic N) is 1. The van der Waals surface area contributed by atoms with E-state index in [4.69, 9.17) is 14.6 Å². The monoisotopic (exact) mass is 417 g/mol. The normalized spacial score (nSPS) is 18.4. The van der Waals surface area contributed by atoms with Crippen molar-refractivity contribution in [1.82, 2.24) is 5.32 Å². The van der Waals surface area contributed by atoms with Gasteiger partial charge in [0.15, 0.2) is 11.5 Å². The van der Waals surface area contributed by atoms with Gasteiger partial charge in [0.2, 0.25) is 22.7 Å². The van der Waals surface area contributed by atoms with Crippen LogP contribution in [-0.2, 0) is 21.2 Å². The number of benzene rings is 2. The summed E-state index contributed by atoms with van der Waals surface area (Å²) in [5.41, 5.74) is 2.66. The maximum atomic E-state index is 12.7. The van der Waals surface area contributed by atoms with Crippen LogP contribution in [0.1, 0.15) is 31.0 Å². The van der Waals surface area contributed by atoms with Gasteiger partial charge in [-0.15, -0.1) is 0 Å². The number of primary sulfonamides is 1. The van der Waals surface area contributed by atoms with E-state index in [9.17, 15) is 13.2 Å². The molecule has 0 saturated carbocycles. The summed E-state index contributed by atoms with van der Waals surface area (Å²) < 4.78 is 33.9. The van der Waals surface area contributed by atoms with Gasteiger partial charge in [-0.05, 0) is 61.7 Å². The molecule has 2 aromatic rings. The Bertz CT molecular complexity index is 1070. The number of amides is 1. The Morgan fingerprint density at radius 2 is 2.00 bits per heavy atom. The second kappa shape index (κ2) is 7.23. The highest BCUT2D eigenvalue weighted by molar-refractivity contribution is 7.89. The van der Waals surface area contributed by atoms with Gasteiger partial charge in [0.05, 0.1) is 17.5 Å². The third-order valence-corrected chi connectivity index (χ3v) is 6.24. The highest BCUT2D eigenvalue weighted by Crippen LogP contribution is 2.35. The number of hydrogen-bond donors (Lipinski definition) is 2. The van der Waals surface area contributed by atoms with E-state index in [1.807, 2.05) is 36.9 Å². The minimum atomic E-state index is -3.75. The summed E-state index contributed by atoms with van der Waals surface area (Å²) in [6.07, 6.45) is 0.656. The summed E-state index contributed by atoms with van der Waals surface area (Å²) >= 11 is 0. The van der Waals surface area contributed by atoms with E-state index < -0.39 is 10.0 Å². The predicted molar refractivity (Wildman–Crippen MR) is 107 cm³/mol. The first-order valence-corrected chi connectivity index (χ1v) is 10.9. The van der Waals surface area contributed by atoms with Crippen molar-refractivity contribution in [2.75, 3.05) is 18.2 Å². The number of rotatable bonds is 5. The highest BCUT2D eigenvalue weighted by Gasteiger charge is 2.29. The third kappa shape index (κ3) is 3.88. The van der Waals surface area contributed by atoms with E-state index in [0.717, 1.165) is 16.8 Å². The Hall–Kier alpha value is -2.78. The van der Waals surface area contributed by atoms with Crippen LogP contribution in [0.15, 0.2) is 41.3 Å². The molecule has 0 aromatic heterocycles. The largest absolute Gasteiger partial charge is 0.454 e. The number of sulfonamides is 1. The minimum absolute atomic E-state index is 0.0762. The van der Waals surface area contributed by atoms with Gasteiger partial charge in [-0.3, -0.25) is 4.79 Å². The van der Waals surface area contributed by atoms with Crippen LogP contribution in [0.3, 0.4) is 0 Å². The Kier molecular flexibility index (Phi) is 4.87. The highest BCUT2D eigenvalue weighted by atomic mass is 32.2. The Balaban J connectivity index is 1.45. The smallest absolute Gasteiger partial charge is 0.240 e. The zero-order valence-corrected chi connectivity index (χ0v) is 17.0. The van der Waals surface area contributed by atoms with Crippen LogP contribution in [0, 0.1) is 0 Å². The van der Waals surface area contributed by atoms with Gasteiger partial charge in [0.1, 0.15) is 0 Å². The fraction of sp³-hybridized carbons (Fsp3) is 0.350. The van der Waals surface area contributed by atoms with Gasteiger partial charge in [-0.1, -0.05) is 6.07 Å². The van der Waals surface area contributed by atoms with Crippen LogP contribution in [-0.4, -0.2) is 33.7 Å². The summed E-state index contributed by atoms with van der Waals surface area (Å²) in [4.78, 5) is 14.7. The molecule has 2 atom stereocenters. The van der Waals surface area contributed by atoms with Crippen molar-refractivity contribution in [3.05, 3.63) is 47.5 Å². The first-order valence-electron chi connectivity index (χ1n) is 9.33. The average molecular weight is 417 g/mol. The van der Waals surface area contributed by atoms with Crippen molar-refractivity contribution >= 4 is 21.6 Å². The fourth-order valence-corrected chi connectivity index (χ4v) is 4.36. The number of ether oxygens (including phenoxy) is 2. The molecule has 8 nitrogen and oxygen atoms in total. The summed E-state index contributed by atoms with van der Waals surface area (Å²) in [7, 11) is -3.75. The number of anilines is 1. The molecule has 29 heavy (non-hydrogen) atoms. The maximum absolute atomic E-state index is 12.7. The Labute approximate surface area is 169 Å². The second-order valence-electron chi connectivity index (χ2n) is 7.42. The maximum Gasteiger partial charge on any atom is 0.240 e. The first kappa shape index (κ1) is 19.5. The van der Waals surface area contributed by atoms with Gasteiger partial charge in [-0.2, -0.15) is 0 Å². The lowest BCUT2D eigenvalue weighted by Gasteiger charge is -2.25. The predicted octanol–water partition coefficient (Wildman–Crippen LogP) is 1.69. The minimum Gasteiger partial charge on any atom is -0.454 e. The molecule has 0 aliphatic carbocycles. The Morgan fingerprint density at radius 1 is 1.24 bits per heavy atom. The van der Waals surface area contributed by atoms with Crippen LogP contribution >= 0.6 is 0 Å². The van der Waals surface area contributed by atoms with E-state index in [-0.39, 0.29) is 36.2 Å². The lowest BCUT2D eigenvalue weighted by molar-refractivity contribution is -0.120. The molecular weight excluding hydrogens is 394 g/mol. The van der Waals surface area contributed by atoms with E-state index in [2.05, 4.69) is 5.32 Å². The summed E-state index contributed by atoms with van der Waals surface area (Å²) in [6.45, 7) is 4.30. The van der Waals surface area contributed by atoms with E-state index in [1.54, 1.807) is 12.1 Å². The lowest BCUT2D eigenvalue weighted by atomic mass is 10.1. The topological polar surface area (TPSA) is 111 Å². The van der Waals surface area contributed by atoms with Crippen molar-refractivity contribution in [3.63, 3.8) is 0 Å². The lowest BCUT2D eigenvalue weighted by Crippen LogP contribution is -2.40. The van der Waals surface area contributed by atoms with Crippen molar-refractivity contribution in [1.29, 1.82) is 0 Å². The summed E-state index contributed by atoms with van der Waals surface area (Å²) in [5, 5.41) is 8.23. The number of hydrogen-bond acceptors (Lipinski definition) is 6. The van der Waals surface area contributed by atoms with Crippen molar-refractivity contribution in [2.45, 2.75) is 37.2 Å². The zero-order chi connectivity index (χ0) is 20.8. The van der Waals surface area contributed by atoms with Gasteiger partial charge in [-0.25, -0.2) is 13.6 Å². The Morgan fingerprint density at radius 3 is 2.76 bits per heavy atom. The van der Waals surface area contributed by atoms with Crippen LogP contribution in [0.2, 0.25) is 0 Å². The number of fused-ring (bicyclic) bond motifs is 2. The zero-order valence-electron chi connectivity index (χ0n) is 16.2. The third-order valence-electron chi connectivity index (χ3n) is 5.32. The van der Waals surface area contributed by atoms with Crippen LogP contribution in [0.25, 0.3) is 0 Å². The summed E-state index contributed by atoms with van der Waals surface area (Å²) in [6, 6.07) is 10.3. The molecule has 4 rings (SSSR count). The van der Waals surface area contributed by atoms with E-state index >= 15 is 0 Å². The van der Waals surface area contributed by atoms with Gasteiger partial charge >= 0.3 is 0 Å². The molecule has 0 bridgehead atoms. The average Bonchev–Trinajstić information content (AvgIpc) is 3.24. The van der Waals surface area contributed by atoms with E-state index in [1.165, 1.54) is 6.07 Å². The molecule has 2 aliphatic rings. The number of nitrogens with one attached hydrogen (secondary N) is 1. The molecule has 0 fully saturated rings. The standard InChI is InChI=1S/C20H23N3O5S/c1-12-7-15-8-16(29(21,25)26)4-5-17(15)23(12)10-20(24)22-13(2)14-3-6-18-19(9-14)28-11-27-18/h3-6,8-9,12-13H,7,10-11H2,1-2H3,(H,22,24)(H2,21,25,26)/t12-,13+/m1/s1. The summed E-state index contributed by atoms with van der Waals surface area (Å²) in [5.74, 6) is 1.26. The molecule has 2 aliphatic heterocycles. The molecule has 0 radical (unpaired) electrons. The molecule has 9 heteroatoms. The SMILES string of the molecule is C[C@H](NC(=O)CN1c2ccc(S(N)(=O)=O)cc2C[C@H]1C)c1ccc2c(c1)OCO2. The molecule has 154 valence electrons. The van der Waals surface area contributed by atoms with Crippen LogP contribution < -0.4 is 24.8 Å². The molecular formula is C20H23N3O5S. The van der Waals surface area contributed by atoms with E-state index in [0.29, 0.717) is 17.9 Å². The molecule has 0 saturated heterocycles. The van der Waals surface area contributed by atoms with Crippen LogP contribution in [0.5, 0.6) is 11.5 Å². The molecule has 2 aromatic carbocycles. The second-order valence-corrected chi connectivity index (χ2v) is 8.98. The number of nitrogens with two attached hydrogens (primary N) is 1. The molecule has 1 amide bonds. The van der Waals surface area contributed by atoms with Gasteiger partial charge in [0, 0.05) is 11.7 Å². The number of carbonyl (C=O) groups is 1. The van der Waals surface area contributed by atoms with Crippen molar-refractivity contribution < 1.29 is 22.7 Å². The van der Waals surface area contributed by atoms with Crippen molar-refractivity contribution in [3.8, 4) is 11.5 Å². The van der Waals surface area contributed by atoms with Crippen molar-refractivity contribution in [2.24, 2.45) is 5.14 Å². The quantitative estimate of drug-likeness (QED) is 0.766. The van der Waals surface area contributed by atoms with Crippen LogP contribution in [0.4, 0.5) is 5.69 Å². The molecule has 0 unspecified atom stereocenters. The van der Waals surface area contributed by atoms with Gasteiger partial charge < -0.3 is 19.7 Å².